The quantitative estimate of drug-likeness (QED) is 0.228. The predicted molar refractivity (Wildman–Crippen MR) is 106 cm³/mol. The SMILES string of the molecule is O=C(N/N=C\c1ccc(OC(=O)c2ccc([N+](=O)[O-])cc2)cc1)c1ccccc1. The summed E-state index contributed by atoms with van der Waals surface area (Å²) in [6, 6.07) is 20.3. The summed E-state index contributed by atoms with van der Waals surface area (Å²) >= 11 is 0. The minimum Gasteiger partial charge on any atom is -0.423 e. The molecule has 8 nitrogen and oxygen atoms in total. The van der Waals surface area contributed by atoms with Crippen molar-refractivity contribution < 1.29 is 19.2 Å². The maximum atomic E-state index is 12.1. The molecule has 0 aromatic heterocycles. The van der Waals surface area contributed by atoms with E-state index in [2.05, 4.69) is 10.5 Å². The zero-order valence-corrected chi connectivity index (χ0v) is 15.0. The van der Waals surface area contributed by atoms with Gasteiger partial charge in [-0.3, -0.25) is 14.9 Å². The fourth-order valence-electron chi connectivity index (χ4n) is 2.33. The molecular formula is C21H15N3O5. The monoisotopic (exact) mass is 389 g/mol. The first-order chi connectivity index (χ1) is 14.0. The van der Waals surface area contributed by atoms with Crippen LogP contribution in [0.15, 0.2) is 84.0 Å². The highest BCUT2D eigenvalue weighted by Gasteiger charge is 2.11. The second-order valence-corrected chi connectivity index (χ2v) is 5.83. The largest absolute Gasteiger partial charge is 0.423 e. The minimum absolute atomic E-state index is 0.107. The van der Waals surface area contributed by atoms with Gasteiger partial charge in [-0.15, -0.1) is 0 Å². The summed E-state index contributed by atoms with van der Waals surface area (Å²) in [6.07, 6.45) is 1.46. The van der Waals surface area contributed by atoms with Gasteiger partial charge in [0.05, 0.1) is 16.7 Å². The Kier molecular flexibility index (Phi) is 6.06. The molecule has 0 bridgehead atoms. The molecule has 0 saturated heterocycles. The highest BCUT2D eigenvalue weighted by molar-refractivity contribution is 5.95. The van der Waals surface area contributed by atoms with Crippen LogP contribution in [-0.4, -0.2) is 23.0 Å². The number of nitro groups is 1. The van der Waals surface area contributed by atoms with Crippen LogP contribution in [0.5, 0.6) is 5.75 Å². The van der Waals surface area contributed by atoms with Crippen LogP contribution in [0.2, 0.25) is 0 Å². The standard InChI is InChI=1S/C21H15N3O5/c25-20(16-4-2-1-3-5-16)23-22-14-15-6-12-19(13-7-15)29-21(26)17-8-10-18(11-9-17)24(27)28/h1-14H,(H,23,25)/b22-14-. The van der Waals surface area contributed by atoms with E-state index in [9.17, 15) is 19.7 Å². The van der Waals surface area contributed by atoms with E-state index >= 15 is 0 Å². The van der Waals surface area contributed by atoms with Crippen molar-refractivity contribution in [2.75, 3.05) is 0 Å². The van der Waals surface area contributed by atoms with Crippen molar-refractivity contribution in [3.63, 3.8) is 0 Å². The van der Waals surface area contributed by atoms with Gasteiger partial charge in [0.25, 0.3) is 11.6 Å². The molecule has 1 N–H and O–H groups in total. The first-order valence-corrected chi connectivity index (χ1v) is 8.48. The number of carbonyl (C=O) groups is 2. The average molecular weight is 389 g/mol. The number of hydrogen-bond acceptors (Lipinski definition) is 6. The minimum atomic E-state index is -0.628. The molecule has 0 fully saturated rings. The summed E-state index contributed by atoms with van der Waals surface area (Å²) in [6.45, 7) is 0. The Labute approximate surface area is 165 Å². The van der Waals surface area contributed by atoms with E-state index in [1.807, 2.05) is 6.07 Å². The van der Waals surface area contributed by atoms with E-state index < -0.39 is 10.9 Å². The third kappa shape index (κ3) is 5.33. The van der Waals surface area contributed by atoms with Gasteiger partial charge in [-0.05, 0) is 54.1 Å². The number of nitrogens with one attached hydrogen (secondary N) is 1. The third-order valence-corrected chi connectivity index (χ3v) is 3.82. The van der Waals surface area contributed by atoms with E-state index in [0.717, 1.165) is 0 Å². The second kappa shape index (κ2) is 9.05. The summed E-state index contributed by atoms with van der Waals surface area (Å²) in [5.74, 6) is -0.647. The van der Waals surface area contributed by atoms with E-state index in [1.165, 1.54) is 30.5 Å². The van der Waals surface area contributed by atoms with Gasteiger partial charge in [-0.1, -0.05) is 18.2 Å². The Morgan fingerprint density at radius 3 is 2.17 bits per heavy atom. The average Bonchev–Trinajstić information content (AvgIpc) is 2.75. The second-order valence-electron chi connectivity index (χ2n) is 5.83. The lowest BCUT2D eigenvalue weighted by molar-refractivity contribution is -0.384. The molecule has 0 heterocycles. The number of ether oxygens (including phenoxy) is 1. The van der Waals surface area contributed by atoms with Gasteiger partial charge in [-0.25, -0.2) is 10.2 Å². The number of esters is 1. The number of non-ortho nitro benzene ring substituents is 1. The van der Waals surface area contributed by atoms with Crippen molar-refractivity contribution in [3.8, 4) is 5.75 Å². The van der Waals surface area contributed by atoms with Gasteiger partial charge in [0.1, 0.15) is 5.75 Å². The maximum absolute atomic E-state index is 12.1. The topological polar surface area (TPSA) is 111 Å². The normalized spacial score (nSPS) is 10.5. The highest BCUT2D eigenvalue weighted by Crippen LogP contribution is 2.16. The van der Waals surface area contributed by atoms with Gasteiger partial charge in [0, 0.05) is 17.7 Å². The number of rotatable bonds is 6. The molecule has 1 amide bonds. The Balaban J connectivity index is 1.56. The number of hydrogen-bond donors (Lipinski definition) is 1. The zero-order valence-electron chi connectivity index (χ0n) is 15.0. The molecule has 0 unspecified atom stereocenters. The fourth-order valence-corrected chi connectivity index (χ4v) is 2.33. The molecule has 0 aliphatic carbocycles. The molecule has 3 aromatic rings. The lowest BCUT2D eigenvalue weighted by Gasteiger charge is -2.04. The zero-order chi connectivity index (χ0) is 20.6. The lowest BCUT2D eigenvalue weighted by Crippen LogP contribution is -2.17. The number of nitrogens with zero attached hydrogens (tertiary/aromatic N) is 2. The van der Waals surface area contributed by atoms with Gasteiger partial charge in [0.2, 0.25) is 0 Å². The van der Waals surface area contributed by atoms with Crippen LogP contribution in [0, 0.1) is 10.1 Å². The number of carbonyl (C=O) groups excluding carboxylic acids is 2. The van der Waals surface area contributed by atoms with Crippen LogP contribution in [0.4, 0.5) is 5.69 Å². The Bertz CT molecular complexity index is 1050. The molecule has 3 aromatic carbocycles. The van der Waals surface area contributed by atoms with Crippen LogP contribution in [0.1, 0.15) is 26.3 Å². The van der Waals surface area contributed by atoms with Crippen LogP contribution < -0.4 is 10.2 Å². The Hall–Kier alpha value is -4.33. The lowest BCUT2D eigenvalue weighted by atomic mass is 10.2. The van der Waals surface area contributed by atoms with E-state index in [0.29, 0.717) is 16.9 Å². The van der Waals surface area contributed by atoms with Crippen LogP contribution in [-0.2, 0) is 0 Å². The van der Waals surface area contributed by atoms with Crippen molar-refractivity contribution in [1.29, 1.82) is 0 Å². The third-order valence-electron chi connectivity index (χ3n) is 3.82. The summed E-state index contributed by atoms with van der Waals surface area (Å²) in [5.41, 5.74) is 3.70. The van der Waals surface area contributed by atoms with Gasteiger partial charge < -0.3 is 4.74 Å². The van der Waals surface area contributed by atoms with Crippen molar-refractivity contribution in [1.82, 2.24) is 5.43 Å². The molecule has 0 saturated carbocycles. The molecular weight excluding hydrogens is 374 g/mol. The molecule has 0 spiro atoms. The smallest absolute Gasteiger partial charge is 0.343 e. The van der Waals surface area contributed by atoms with Crippen molar-refractivity contribution >= 4 is 23.8 Å². The van der Waals surface area contributed by atoms with E-state index in [1.54, 1.807) is 48.5 Å². The highest BCUT2D eigenvalue weighted by atomic mass is 16.6. The molecule has 0 atom stereocenters. The van der Waals surface area contributed by atoms with Gasteiger partial charge in [-0.2, -0.15) is 5.10 Å². The van der Waals surface area contributed by atoms with E-state index in [-0.39, 0.29) is 17.2 Å². The number of amides is 1. The first kappa shape index (κ1) is 19.4. The number of nitro benzene ring substituents is 1. The molecule has 0 radical (unpaired) electrons. The Morgan fingerprint density at radius 2 is 1.55 bits per heavy atom. The molecule has 144 valence electrons. The van der Waals surface area contributed by atoms with Crippen molar-refractivity contribution in [2.24, 2.45) is 5.10 Å². The van der Waals surface area contributed by atoms with E-state index in [4.69, 9.17) is 4.74 Å². The maximum Gasteiger partial charge on any atom is 0.343 e. The molecule has 0 aliphatic rings. The molecule has 3 rings (SSSR count). The molecule has 29 heavy (non-hydrogen) atoms. The number of benzene rings is 3. The summed E-state index contributed by atoms with van der Waals surface area (Å²) in [7, 11) is 0. The number of hydrazone groups is 1. The van der Waals surface area contributed by atoms with Crippen molar-refractivity contribution in [2.45, 2.75) is 0 Å². The summed E-state index contributed by atoms with van der Waals surface area (Å²) in [4.78, 5) is 34.1. The summed E-state index contributed by atoms with van der Waals surface area (Å²) < 4.78 is 5.23. The molecule has 8 heteroatoms. The van der Waals surface area contributed by atoms with Crippen LogP contribution in [0.25, 0.3) is 0 Å². The van der Waals surface area contributed by atoms with Gasteiger partial charge in [0.15, 0.2) is 0 Å². The van der Waals surface area contributed by atoms with Crippen LogP contribution >= 0.6 is 0 Å². The van der Waals surface area contributed by atoms with Crippen molar-refractivity contribution in [3.05, 3.63) is 106 Å². The molecule has 0 aliphatic heterocycles. The summed E-state index contributed by atoms with van der Waals surface area (Å²) in [5, 5.41) is 14.5. The first-order valence-electron chi connectivity index (χ1n) is 8.48. The van der Waals surface area contributed by atoms with Gasteiger partial charge >= 0.3 is 5.97 Å². The Morgan fingerprint density at radius 1 is 0.897 bits per heavy atom. The fraction of sp³-hybridized carbons (Fsp3) is 0. The van der Waals surface area contributed by atoms with Crippen LogP contribution in [0.3, 0.4) is 0 Å². The predicted octanol–water partition coefficient (Wildman–Crippen LogP) is 3.58.